The number of aldehydes is 1. The first-order chi connectivity index (χ1) is 5.97. The summed E-state index contributed by atoms with van der Waals surface area (Å²) in [6.07, 6.45) is 2.04. The van der Waals surface area contributed by atoms with E-state index in [9.17, 15) is 4.79 Å². The minimum absolute atomic E-state index is 0.0979. The molecule has 1 rings (SSSR count). The van der Waals surface area contributed by atoms with E-state index >= 15 is 0 Å². The molecule has 0 saturated carbocycles. The molecule has 0 spiro atoms. The molecule has 13 heavy (non-hydrogen) atoms. The molecule has 3 heteroatoms. The van der Waals surface area contributed by atoms with E-state index in [1.54, 1.807) is 0 Å². The van der Waals surface area contributed by atoms with Crippen molar-refractivity contribution in [2.75, 3.05) is 13.2 Å². The molecule has 76 valence electrons. The molecule has 0 aromatic rings. The molecule has 0 amide bonds. The molecule has 0 bridgehead atoms. The first kappa shape index (κ1) is 10.7. The Morgan fingerprint density at radius 2 is 1.77 bits per heavy atom. The number of rotatable bonds is 3. The first-order valence-electron chi connectivity index (χ1n) is 4.69. The van der Waals surface area contributed by atoms with Crippen LogP contribution in [-0.2, 0) is 14.3 Å². The molecule has 1 aliphatic rings. The molecule has 0 radical (unpaired) electrons. The lowest BCUT2D eigenvalue weighted by Gasteiger charge is -2.41. The van der Waals surface area contributed by atoms with Crippen LogP contribution in [0.4, 0.5) is 0 Å². The van der Waals surface area contributed by atoms with Crippen LogP contribution < -0.4 is 0 Å². The second kappa shape index (κ2) is 3.76. The molecular weight excluding hydrogens is 168 g/mol. The van der Waals surface area contributed by atoms with Gasteiger partial charge in [0.2, 0.25) is 0 Å². The van der Waals surface area contributed by atoms with Gasteiger partial charge in [-0.05, 0) is 6.92 Å². The van der Waals surface area contributed by atoms with Crippen molar-refractivity contribution in [3.8, 4) is 0 Å². The smallest absolute Gasteiger partial charge is 0.165 e. The van der Waals surface area contributed by atoms with E-state index in [0.717, 1.165) is 6.29 Å². The van der Waals surface area contributed by atoms with Crippen LogP contribution in [0.2, 0.25) is 0 Å². The average Bonchev–Trinajstić information content (AvgIpc) is 2.08. The molecule has 0 aromatic carbocycles. The molecule has 0 aliphatic carbocycles. The number of ether oxygens (including phenoxy) is 2. The van der Waals surface area contributed by atoms with Crippen molar-refractivity contribution >= 4 is 6.29 Å². The van der Waals surface area contributed by atoms with Gasteiger partial charge in [-0.3, -0.25) is 0 Å². The summed E-state index contributed by atoms with van der Waals surface area (Å²) < 4.78 is 11.2. The predicted octanol–water partition coefficient (Wildman–Crippen LogP) is 1.75. The van der Waals surface area contributed by atoms with Gasteiger partial charge in [0.15, 0.2) is 5.79 Å². The van der Waals surface area contributed by atoms with Crippen LogP contribution in [0.5, 0.6) is 0 Å². The lowest BCUT2D eigenvalue weighted by Crippen LogP contribution is -2.45. The van der Waals surface area contributed by atoms with E-state index < -0.39 is 5.79 Å². The summed E-state index contributed by atoms with van der Waals surface area (Å²) in [5.41, 5.74) is 0.0979. The van der Waals surface area contributed by atoms with Gasteiger partial charge < -0.3 is 14.3 Å². The van der Waals surface area contributed by atoms with E-state index in [0.29, 0.717) is 26.1 Å². The summed E-state index contributed by atoms with van der Waals surface area (Å²) in [6, 6.07) is 0. The quantitative estimate of drug-likeness (QED) is 0.630. The molecule has 1 aliphatic heterocycles. The van der Waals surface area contributed by atoms with E-state index in [2.05, 4.69) is 13.8 Å². The fraction of sp³-hybridized carbons (Fsp3) is 0.900. The van der Waals surface area contributed by atoms with Crippen LogP contribution in [0.3, 0.4) is 0 Å². The summed E-state index contributed by atoms with van der Waals surface area (Å²) in [4.78, 5) is 10.2. The highest BCUT2D eigenvalue weighted by Crippen LogP contribution is 2.31. The Balaban J connectivity index is 2.41. The average molecular weight is 186 g/mol. The Hall–Kier alpha value is -0.410. The Bertz CT molecular complexity index is 177. The minimum atomic E-state index is -0.545. The summed E-state index contributed by atoms with van der Waals surface area (Å²) in [5, 5.41) is 0. The highest BCUT2D eigenvalue weighted by atomic mass is 16.7. The second-order valence-corrected chi connectivity index (χ2v) is 4.58. The summed E-state index contributed by atoms with van der Waals surface area (Å²) in [7, 11) is 0. The summed E-state index contributed by atoms with van der Waals surface area (Å²) in [6.45, 7) is 7.50. The predicted molar refractivity (Wildman–Crippen MR) is 49.4 cm³/mol. The van der Waals surface area contributed by atoms with Gasteiger partial charge in [0.25, 0.3) is 0 Å². The Kier molecular flexibility index (Phi) is 3.09. The topological polar surface area (TPSA) is 35.5 Å². The molecule has 0 aromatic heterocycles. The van der Waals surface area contributed by atoms with Gasteiger partial charge in [0.05, 0.1) is 13.2 Å². The molecule has 0 N–H and O–H groups in total. The van der Waals surface area contributed by atoms with E-state index in [4.69, 9.17) is 9.47 Å². The molecular formula is C10H18O3. The van der Waals surface area contributed by atoms with Crippen LogP contribution >= 0.6 is 0 Å². The van der Waals surface area contributed by atoms with Crippen molar-refractivity contribution in [2.45, 2.75) is 39.4 Å². The zero-order chi connectivity index (χ0) is 9.95. The van der Waals surface area contributed by atoms with Crippen LogP contribution in [0.15, 0.2) is 0 Å². The first-order valence-corrected chi connectivity index (χ1v) is 4.69. The largest absolute Gasteiger partial charge is 0.350 e. The van der Waals surface area contributed by atoms with Gasteiger partial charge in [-0.15, -0.1) is 0 Å². The Morgan fingerprint density at radius 1 is 1.23 bits per heavy atom. The van der Waals surface area contributed by atoms with E-state index in [1.165, 1.54) is 0 Å². The number of hydrogen-bond acceptors (Lipinski definition) is 3. The van der Waals surface area contributed by atoms with E-state index in [-0.39, 0.29) is 5.41 Å². The standard InChI is InChI=1S/C10H18O3/c1-9(2)7-12-10(3,13-8-9)5-4-6-11/h6H,4-5,7-8H2,1-3H3. The Labute approximate surface area is 79.4 Å². The fourth-order valence-electron chi connectivity index (χ4n) is 1.24. The van der Waals surface area contributed by atoms with Crippen molar-refractivity contribution in [2.24, 2.45) is 5.41 Å². The molecule has 0 atom stereocenters. The fourth-order valence-corrected chi connectivity index (χ4v) is 1.24. The van der Waals surface area contributed by atoms with Gasteiger partial charge in [0, 0.05) is 18.3 Å². The SMILES string of the molecule is CC1(C)COC(C)(CCC=O)OC1. The molecule has 3 nitrogen and oxygen atoms in total. The zero-order valence-corrected chi connectivity index (χ0v) is 8.63. The van der Waals surface area contributed by atoms with Crippen molar-refractivity contribution < 1.29 is 14.3 Å². The molecule has 1 saturated heterocycles. The molecule has 1 heterocycles. The zero-order valence-electron chi connectivity index (χ0n) is 8.63. The maximum atomic E-state index is 10.2. The maximum absolute atomic E-state index is 10.2. The van der Waals surface area contributed by atoms with Gasteiger partial charge in [-0.1, -0.05) is 13.8 Å². The highest BCUT2D eigenvalue weighted by molar-refractivity contribution is 5.49. The normalized spacial score (nSPS) is 25.5. The lowest BCUT2D eigenvalue weighted by molar-refractivity contribution is -0.291. The van der Waals surface area contributed by atoms with Crippen LogP contribution in [-0.4, -0.2) is 25.3 Å². The highest BCUT2D eigenvalue weighted by Gasteiger charge is 2.36. The summed E-state index contributed by atoms with van der Waals surface area (Å²) in [5.74, 6) is -0.545. The third kappa shape index (κ3) is 3.08. The van der Waals surface area contributed by atoms with Crippen molar-refractivity contribution in [3.63, 3.8) is 0 Å². The molecule has 0 unspecified atom stereocenters. The monoisotopic (exact) mass is 186 g/mol. The van der Waals surface area contributed by atoms with Crippen LogP contribution in [0.25, 0.3) is 0 Å². The van der Waals surface area contributed by atoms with Crippen molar-refractivity contribution in [3.05, 3.63) is 0 Å². The number of carbonyl (C=O) groups excluding carboxylic acids is 1. The lowest BCUT2D eigenvalue weighted by atomic mass is 9.94. The van der Waals surface area contributed by atoms with Gasteiger partial charge in [0.1, 0.15) is 6.29 Å². The van der Waals surface area contributed by atoms with Gasteiger partial charge in [-0.2, -0.15) is 0 Å². The van der Waals surface area contributed by atoms with Crippen molar-refractivity contribution in [1.82, 2.24) is 0 Å². The maximum Gasteiger partial charge on any atom is 0.165 e. The van der Waals surface area contributed by atoms with Gasteiger partial charge in [-0.25, -0.2) is 0 Å². The van der Waals surface area contributed by atoms with Crippen LogP contribution in [0.1, 0.15) is 33.6 Å². The van der Waals surface area contributed by atoms with Crippen molar-refractivity contribution in [1.29, 1.82) is 0 Å². The summed E-state index contributed by atoms with van der Waals surface area (Å²) >= 11 is 0. The third-order valence-corrected chi connectivity index (χ3v) is 2.25. The minimum Gasteiger partial charge on any atom is -0.350 e. The molecule has 1 fully saturated rings. The second-order valence-electron chi connectivity index (χ2n) is 4.58. The van der Waals surface area contributed by atoms with Gasteiger partial charge >= 0.3 is 0 Å². The number of hydrogen-bond donors (Lipinski definition) is 0. The number of carbonyl (C=O) groups is 1. The Morgan fingerprint density at radius 3 is 2.23 bits per heavy atom. The van der Waals surface area contributed by atoms with Crippen LogP contribution in [0, 0.1) is 5.41 Å². The van der Waals surface area contributed by atoms with E-state index in [1.807, 2.05) is 6.92 Å². The third-order valence-electron chi connectivity index (χ3n) is 2.25.